The van der Waals surface area contributed by atoms with Crippen LogP contribution in [-0.4, -0.2) is 31.2 Å². The molecule has 0 radical (unpaired) electrons. The minimum Gasteiger partial charge on any atom is -0.312 e. The highest BCUT2D eigenvalue weighted by Crippen LogP contribution is 2.16. The Bertz CT molecular complexity index is 1450. The number of aryl methyl sites for hydroxylation is 1. The van der Waals surface area contributed by atoms with Crippen molar-refractivity contribution in [2.75, 3.05) is 6.54 Å². The number of benzene rings is 3. The molecule has 36 heavy (non-hydrogen) atoms. The van der Waals surface area contributed by atoms with E-state index >= 15 is 0 Å². The second kappa shape index (κ2) is 11.4. The van der Waals surface area contributed by atoms with Gasteiger partial charge in [0, 0.05) is 11.9 Å². The average Bonchev–Trinajstić information content (AvgIpc) is 3.35. The Labute approximate surface area is 211 Å². The fourth-order valence-corrected chi connectivity index (χ4v) is 4.41. The van der Waals surface area contributed by atoms with Crippen LogP contribution in [0.1, 0.15) is 34.6 Å². The Morgan fingerprint density at radius 3 is 2.44 bits per heavy atom. The van der Waals surface area contributed by atoms with Crippen LogP contribution in [0.3, 0.4) is 0 Å². The summed E-state index contributed by atoms with van der Waals surface area (Å²) in [6, 6.07) is 32.9. The summed E-state index contributed by atoms with van der Waals surface area (Å²) in [6.45, 7) is 3.01. The lowest BCUT2D eigenvalue weighted by Crippen LogP contribution is -2.27. The molecule has 2 aromatic heterocycles. The molecule has 6 heteroatoms. The normalized spacial score (nSPS) is 11.1. The largest absolute Gasteiger partial charge is 0.312 e. The molecule has 0 unspecified atom stereocenters. The quantitative estimate of drug-likeness (QED) is 0.273. The van der Waals surface area contributed by atoms with Crippen LogP contribution in [0.25, 0.3) is 10.9 Å². The van der Waals surface area contributed by atoms with E-state index in [-0.39, 0.29) is 0 Å². The first-order valence-electron chi connectivity index (χ1n) is 12.2. The lowest BCUT2D eigenvalue weighted by atomic mass is 10.1. The lowest BCUT2D eigenvalue weighted by molar-refractivity contribution is 0.241. The molecule has 0 amide bonds. The maximum atomic E-state index is 9.07. The van der Waals surface area contributed by atoms with Gasteiger partial charge in [-0.05, 0) is 54.8 Å². The number of hydrogen-bond donors (Lipinski definition) is 0. The molecule has 6 nitrogen and oxygen atoms in total. The molecule has 178 valence electrons. The van der Waals surface area contributed by atoms with Crippen molar-refractivity contribution in [1.82, 2.24) is 24.6 Å². The maximum absolute atomic E-state index is 9.07. The maximum Gasteiger partial charge on any atom is 0.147 e. The molecular weight excluding hydrogens is 444 g/mol. The number of para-hydroxylation sites is 1. The van der Waals surface area contributed by atoms with Gasteiger partial charge in [-0.15, -0.1) is 10.2 Å². The van der Waals surface area contributed by atoms with Crippen molar-refractivity contribution in [3.8, 4) is 6.07 Å². The Kier molecular flexibility index (Phi) is 7.41. The molecule has 0 saturated carbocycles. The fraction of sp³-hybridized carbons (Fsp3) is 0.200. The lowest BCUT2D eigenvalue weighted by Gasteiger charge is -2.22. The highest BCUT2D eigenvalue weighted by molar-refractivity contribution is 5.78. The number of aromatic nitrogens is 4. The van der Waals surface area contributed by atoms with E-state index in [4.69, 9.17) is 10.2 Å². The number of nitrogens with zero attached hydrogens (tertiary/aromatic N) is 6. The zero-order valence-corrected chi connectivity index (χ0v) is 20.2. The molecule has 0 aliphatic heterocycles. The van der Waals surface area contributed by atoms with Crippen LogP contribution in [-0.2, 0) is 26.1 Å². The second-order valence-corrected chi connectivity index (χ2v) is 8.98. The highest BCUT2D eigenvalue weighted by Gasteiger charge is 2.14. The first-order chi connectivity index (χ1) is 17.8. The topological polar surface area (TPSA) is 70.6 Å². The van der Waals surface area contributed by atoms with E-state index in [1.807, 2.05) is 36.4 Å². The number of fused-ring (bicyclic) bond motifs is 1. The number of rotatable bonds is 10. The molecule has 3 aromatic carbocycles. The second-order valence-electron chi connectivity index (χ2n) is 8.98. The van der Waals surface area contributed by atoms with Crippen LogP contribution in [0.2, 0.25) is 0 Å². The number of pyridine rings is 1. The molecule has 0 N–H and O–H groups in total. The van der Waals surface area contributed by atoms with Gasteiger partial charge >= 0.3 is 0 Å². The first kappa shape index (κ1) is 23.4. The van der Waals surface area contributed by atoms with E-state index in [2.05, 4.69) is 80.3 Å². The predicted octanol–water partition coefficient (Wildman–Crippen LogP) is 5.38. The Morgan fingerprint density at radius 1 is 0.806 bits per heavy atom. The fourth-order valence-electron chi connectivity index (χ4n) is 4.41. The van der Waals surface area contributed by atoms with Crippen molar-refractivity contribution in [3.05, 3.63) is 126 Å². The molecule has 0 fully saturated rings. The zero-order valence-electron chi connectivity index (χ0n) is 20.2. The van der Waals surface area contributed by atoms with Crippen molar-refractivity contribution >= 4 is 10.9 Å². The van der Waals surface area contributed by atoms with Gasteiger partial charge in [0.1, 0.15) is 12.2 Å². The van der Waals surface area contributed by atoms with E-state index in [9.17, 15) is 0 Å². The summed E-state index contributed by atoms with van der Waals surface area (Å²) in [7, 11) is 0. The van der Waals surface area contributed by atoms with E-state index in [0.29, 0.717) is 18.7 Å². The van der Waals surface area contributed by atoms with Crippen molar-refractivity contribution < 1.29 is 0 Å². The van der Waals surface area contributed by atoms with Crippen molar-refractivity contribution in [1.29, 1.82) is 5.26 Å². The van der Waals surface area contributed by atoms with Gasteiger partial charge in [-0.2, -0.15) is 5.26 Å². The zero-order chi connectivity index (χ0) is 24.6. The van der Waals surface area contributed by atoms with Crippen LogP contribution in [0.5, 0.6) is 0 Å². The van der Waals surface area contributed by atoms with Crippen LogP contribution in [0, 0.1) is 11.3 Å². The van der Waals surface area contributed by atoms with Gasteiger partial charge < -0.3 is 4.57 Å². The Morgan fingerprint density at radius 2 is 1.61 bits per heavy atom. The average molecular weight is 473 g/mol. The number of nitriles is 1. The molecule has 5 rings (SSSR count). The van der Waals surface area contributed by atoms with Crippen molar-refractivity contribution in [3.63, 3.8) is 0 Å². The summed E-state index contributed by atoms with van der Waals surface area (Å²) >= 11 is 0. The SMILES string of the molecule is N#Cc1ccc(Cn2cnnc2CN(CCCc2ccccc2)Cc2ccc3ccccc3n2)cc1. The summed E-state index contributed by atoms with van der Waals surface area (Å²) in [6.07, 6.45) is 3.85. The minimum absolute atomic E-state index is 0.662. The minimum atomic E-state index is 0.662. The van der Waals surface area contributed by atoms with Gasteiger partial charge in [0.15, 0.2) is 0 Å². The number of hydrogen-bond acceptors (Lipinski definition) is 5. The van der Waals surface area contributed by atoms with Crippen molar-refractivity contribution in [2.45, 2.75) is 32.5 Å². The molecule has 0 spiro atoms. The van der Waals surface area contributed by atoms with Gasteiger partial charge in [-0.1, -0.05) is 66.7 Å². The third-order valence-corrected chi connectivity index (χ3v) is 6.32. The van der Waals surface area contributed by atoms with Gasteiger partial charge in [0.05, 0.1) is 35.9 Å². The Balaban J connectivity index is 1.32. The van der Waals surface area contributed by atoms with Gasteiger partial charge in [0.25, 0.3) is 0 Å². The molecule has 5 aromatic rings. The van der Waals surface area contributed by atoms with Crippen LogP contribution < -0.4 is 0 Å². The summed E-state index contributed by atoms with van der Waals surface area (Å²) in [5, 5.41) is 18.9. The molecule has 0 atom stereocenters. The summed E-state index contributed by atoms with van der Waals surface area (Å²) in [4.78, 5) is 7.31. The molecule has 0 aliphatic carbocycles. The van der Waals surface area contributed by atoms with Crippen LogP contribution in [0.4, 0.5) is 0 Å². The summed E-state index contributed by atoms with van der Waals surface area (Å²) < 4.78 is 2.08. The van der Waals surface area contributed by atoms with E-state index in [0.717, 1.165) is 53.9 Å². The van der Waals surface area contributed by atoms with E-state index < -0.39 is 0 Å². The van der Waals surface area contributed by atoms with Crippen molar-refractivity contribution in [2.24, 2.45) is 0 Å². The van der Waals surface area contributed by atoms with Crippen LogP contribution >= 0.6 is 0 Å². The third-order valence-electron chi connectivity index (χ3n) is 6.32. The van der Waals surface area contributed by atoms with Gasteiger partial charge in [0.2, 0.25) is 0 Å². The van der Waals surface area contributed by atoms with E-state index in [1.165, 1.54) is 5.56 Å². The predicted molar refractivity (Wildman–Crippen MR) is 141 cm³/mol. The van der Waals surface area contributed by atoms with Crippen LogP contribution in [0.15, 0.2) is 97.3 Å². The first-order valence-corrected chi connectivity index (χ1v) is 12.2. The standard InChI is InChI=1S/C30H28N6/c31-19-25-12-14-26(15-13-25)20-36-23-32-34-30(36)22-35(18-6-9-24-7-2-1-3-8-24)21-28-17-16-27-10-4-5-11-29(27)33-28/h1-5,7-8,10-17,23H,6,9,18,20-22H2. The Hall–Kier alpha value is -4.34. The summed E-state index contributed by atoms with van der Waals surface area (Å²) in [5.74, 6) is 0.917. The molecular formula is C30H28N6. The van der Waals surface area contributed by atoms with Gasteiger partial charge in [-0.3, -0.25) is 9.88 Å². The monoisotopic (exact) mass is 472 g/mol. The summed E-state index contributed by atoms with van der Waals surface area (Å²) in [5.41, 5.74) is 5.19. The highest BCUT2D eigenvalue weighted by atomic mass is 15.3. The van der Waals surface area contributed by atoms with E-state index in [1.54, 1.807) is 6.33 Å². The molecule has 2 heterocycles. The molecule has 0 aliphatic rings. The molecule has 0 bridgehead atoms. The smallest absolute Gasteiger partial charge is 0.147 e. The third kappa shape index (κ3) is 6.01. The van der Waals surface area contributed by atoms with Gasteiger partial charge in [-0.25, -0.2) is 0 Å². The molecule has 0 saturated heterocycles.